The summed E-state index contributed by atoms with van der Waals surface area (Å²) in [5.41, 5.74) is 1.11. The number of rotatable bonds is 6. The van der Waals surface area contributed by atoms with Crippen LogP contribution in [0.3, 0.4) is 0 Å². The van der Waals surface area contributed by atoms with Gasteiger partial charge < -0.3 is 15.0 Å². The summed E-state index contributed by atoms with van der Waals surface area (Å²) in [5.74, 6) is 1.05. The number of hydrogen-bond donors (Lipinski definition) is 1. The van der Waals surface area contributed by atoms with Gasteiger partial charge in [-0.25, -0.2) is 4.98 Å². The van der Waals surface area contributed by atoms with Gasteiger partial charge in [-0.1, -0.05) is 19.8 Å². The van der Waals surface area contributed by atoms with Gasteiger partial charge in [-0.15, -0.1) is 0 Å². The number of unbranched alkanes of at least 4 members (excludes halogenated alkanes) is 1. The molecule has 1 N–H and O–H groups in total. The first-order chi connectivity index (χ1) is 9.29. The molecule has 0 amide bonds. The molecule has 106 valence electrons. The molecule has 19 heavy (non-hydrogen) atoms. The maximum absolute atomic E-state index is 5.35. The molecule has 1 aromatic heterocycles. The van der Waals surface area contributed by atoms with Gasteiger partial charge in [-0.2, -0.15) is 0 Å². The number of pyridine rings is 1. The second-order valence-corrected chi connectivity index (χ2v) is 5.19. The number of aromatic nitrogens is 1. The highest BCUT2D eigenvalue weighted by Crippen LogP contribution is 2.16. The van der Waals surface area contributed by atoms with E-state index >= 15 is 0 Å². The third-order valence-corrected chi connectivity index (χ3v) is 3.49. The van der Waals surface area contributed by atoms with Crippen LogP contribution in [0.5, 0.6) is 0 Å². The van der Waals surface area contributed by atoms with E-state index in [4.69, 9.17) is 4.74 Å². The van der Waals surface area contributed by atoms with Crippen LogP contribution in [-0.2, 0) is 4.74 Å². The number of ether oxygens (including phenoxy) is 1. The normalized spacial score (nSPS) is 17.3. The van der Waals surface area contributed by atoms with Crippen molar-refractivity contribution in [2.45, 2.75) is 39.2 Å². The van der Waals surface area contributed by atoms with Crippen LogP contribution in [0.25, 0.3) is 0 Å². The lowest BCUT2D eigenvalue weighted by molar-refractivity contribution is 0.122. The van der Waals surface area contributed by atoms with E-state index < -0.39 is 0 Å². The van der Waals surface area contributed by atoms with Gasteiger partial charge in [0.25, 0.3) is 0 Å². The first-order valence-corrected chi connectivity index (χ1v) is 7.35. The second kappa shape index (κ2) is 7.34. The second-order valence-electron chi connectivity index (χ2n) is 5.19. The fraction of sp³-hybridized carbons (Fsp3) is 0.667. The van der Waals surface area contributed by atoms with E-state index in [0.29, 0.717) is 6.04 Å². The molecular weight excluding hydrogens is 238 g/mol. The fourth-order valence-electron chi connectivity index (χ4n) is 2.32. The first kappa shape index (κ1) is 14.1. The summed E-state index contributed by atoms with van der Waals surface area (Å²) in [6.07, 6.45) is 5.67. The van der Waals surface area contributed by atoms with Crippen molar-refractivity contribution in [2.24, 2.45) is 0 Å². The lowest BCUT2D eigenvalue weighted by atomic mass is 10.1. The van der Waals surface area contributed by atoms with Crippen LogP contribution < -0.4 is 10.2 Å². The van der Waals surface area contributed by atoms with Gasteiger partial charge in [0.1, 0.15) is 5.82 Å². The van der Waals surface area contributed by atoms with E-state index in [1.54, 1.807) is 0 Å². The Morgan fingerprint density at radius 3 is 2.79 bits per heavy atom. The van der Waals surface area contributed by atoms with E-state index in [1.807, 2.05) is 6.20 Å². The number of hydrogen-bond acceptors (Lipinski definition) is 4. The van der Waals surface area contributed by atoms with Crippen molar-refractivity contribution in [3.8, 4) is 0 Å². The molecule has 1 fully saturated rings. The Hall–Kier alpha value is -1.29. The van der Waals surface area contributed by atoms with Crippen molar-refractivity contribution in [3.05, 3.63) is 18.3 Å². The minimum atomic E-state index is 0.510. The van der Waals surface area contributed by atoms with Gasteiger partial charge >= 0.3 is 0 Å². The van der Waals surface area contributed by atoms with E-state index in [9.17, 15) is 0 Å². The average Bonchev–Trinajstić information content (AvgIpc) is 2.47. The zero-order valence-electron chi connectivity index (χ0n) is 12.1. The predicted molar refractivity (Wildman–Crippen MR) is 79.9 cm³/mol. The minimum Gasteiger partial charge on any atom is -0.381 e. The molecule has 1 aliphatic heterocycles. The summed E-state index contributed by atoms with van der Waals surface area (Å²) in [4.78, 5) is 6.82. The summed E-state index contributed by atoms with van der Waals surface area (Å²) >= 11 is 0. The Bertz CT molecular complexity index is 360. The van der Waals surface area contributed by atoms with Gasteiger partial charge in [-0.3, -0.25) is 0 Å². The van der Waals surface area contributed by atoms with Gasteiger partial charge in [0.15, 0.2) is 0 Å². The zero-order chi connectivity index (χ0) is 13.5. The highest BCUT2D eigenvalue weighted by molar-refractivity contribution is 5.49. The number of nitrogens with one attached hydrogen (secondary N) is 1. The molecule has 1 saturated heterocycles. The molecule has 4 heteroatoms. The third kappa shape index (κ3) is 4.39. The zero-order valence-corrected chi connectivity index (χ0v) is 12.1. The summed E-state index contributed by atoms with van der Waals surface area (Å²) < 4.78 is 5.35. The smallest absolute Gasteiger partial charge is 0.128 e. The van der Waals surface area contributed by atoms with Crippen LogP contribution in [0.1, 0.15) is 33.1 Å². The third-order valence-electron chi connectivity index (χ3n) is 3.49. The van der Waals surface area contributed by atoms with Gasteiger partial charge in [0, 0.05) is 19.1 Å². The molecule has 0 bridgehead atoms. The van der Waals surface area contributed by atoms with Crippen molar-refractivity contribution in [1.82, 2.24) is 4.98 Å². The molecule has 2 heterocycles. The lowest BCUT2D eigenvalue weighted by Gasteiger charge is -2.27. The molecule has 0 radical (unpaired) electrons. The Labute approximate surface area is 116 Å². The monoisotopic (exact) mass is 263 g/mol. The first-order valence-electron chi connectivity index (χ1n) is 7.35. The molecule has 0 aliphatic carbocycles. The molecule has 1 aromatic rings. The molecule has 0 spiro atoms. The molecule has 4 nitrogen and oxygen atoms in total. The molecule has 2 rings (SSSR count). The van der Waals surface area contributed by atoms with Crippen molar-refractivity contribution >= 4 is 11.5 Å². The summed E-state index contributed by atoms with van der Waals surface area (Å²) in [5, 5.41) is 3.50. The van der Waals surface area contributed by atoms with E-state index in [2.05, 4.69) is 41.2 Å². The Kier molecular flexibility index (Phi) is 5.45. The van der Waals surface area contributed by atoms with Gasteiger partial charge in [0.05, 0.1) is 25.1 Å². The fourth-order valence-corrected chi connectivity index (χ4v) is 2.32. The largest absolute Gasteiger partial charge is 0.381 e. The SMILES string of the molecule is CCCCC(C)Nc1ccc(N2CCOCC2)nc1. The molecule has 1 atom stereocenters. The van der Waals surface area contributed by atoms with Crippen LogP contribution in [0.4, 0.5) is 11.5 Å². The van der Waals surface area contributed by atoms with Gasteiger partial charge in [0.2, 0.25) is 0 Å². The maximum atomic E-state index is 5.35. The average molecular weight is 263 g/mol. The predicted octanol–water partition coefficient (Wildman–Crippen LogP) is 2.91. The number of morpholine rings is 1. The van der Waals surface area contributed by atoms with Crippen molar-refractivity contribution in [2.75, 3.05) is 36.5 Å². The van der Waals surface area contributed by atoms with E-state index in [-0.39, 0.29) is 0 Å². The lowest BCUT2D eigenvalue weighted by Crippen LogP contribution is -2.36. The number of anilines is 2. The van der Waals surface area contributed by atoms with Crippen molar-refractivity contribution in [1.29, 1.82) is 0 Å². The van der Waals surface area contributed by atoms with E-state index in [1.165, 1.54) is 19.3 Å². The highest BCUT2D eigenvalue weighted by atomic mass is 16.5. The minimum absolute atomic E-state index is 0.510. The quantitative estimate of drug-likeness (QED) is 0.856. The van der Waals surface area contributed by atoms with Crippen LogP contribution in [0.2, 0.25) is 0 Å². The molecule has 0 aromatic carbocycles. The Morgan fingerprint density at radius 2 is 2.16 bits per heavy atom. The topological polar surface area (TPSA) is 37.4 Å². The van der Waals surface area contributed by atoms with Crippen LogP contribution in [-0.4, -0.2) is 37.3 Å². The van der Waals surface area contributed by atoms with Crippen LogP contribution >= 0.6 is 0 Å². The maximum Gasteiger partial charge on any atom is 0.128 e. The molecule has 1 unspecified atom stereocenters. The number of nitrogens with zero attached hydrogens (tertiary/aromatic N) is 2. The Morgan fingerprint density at radius 1 is 1.37 bits per heavy atom. The summed E-state index contributed by atoms with van der Waals surface area (Å²) in [7, 11) is 0. The van der Waals surface area contributed by atoms with Crippen LogP contribution in [0.15, 0.2) is 18.3 Å². The molecule has 0 saturated carbocycles. The van der Waals surface area contributed by atoms with Gasteiger partial charge in [-0.05, 0) is 25.5 Å². The van der Waals surface area contributed by atoms with E-state index in [0.717, 1.165) is 37.8 Å². The summed E-state index contributed by atoms with van der Waals surface area (Å²) in [6.45, 7) is 7.93. The van der Waals surface area contributed by atoms with Crippen LogP contribution in [0, 0.1) is 0 Å². The molecule has 1 aliphatic rings. The Balaban J connectivity index is 1.86. The highest BCUT2D eigenvalue weighted by Gasteiger charge is 2.12. The summed E-state index contributed by atoms with van der Waals surface area (Å²) in [6, 6.07) is 4.73. The van der Waals surface area contributed by atoms with Crippen molar-refractivity contribution in [3.63, 3.8) is 0 Å². The van der Waals surface area contributed by atoms with Crippen molar-refractivity contribution < 1.29 is 4.74 Å². The molecular formula is C15H25N3O. The standard InChI is InChI=1S/C15H25N3O/c1-3-4-5-13(2)17-14-6-7-15(16-12-14)18-8-10-19-11-9-18/h6-7,12-13,17H,3-5,8-11H2,1-2H3.